The molecule has 0 spiro atoms. The minimum atomic E-state index is -4.53. The Morgan fingerprint density at radius 3 is 2.71 bits per heavy atom. The van der Waals surface area contributed by atoms with Crippen LogP contribution < -0.4 is 16.4 Å². The SMILES string of the molecule is Cc1cc(-c2nccc(C(F)(F)F)n2)cc(C2NNNC2C#N)c1. The van der Waals surface area contributed by atoms with Gasteiger partial charge in [-0.2, -0.15) is 24.0 Å². The summed E-state index contributed by atoms with van der Waals surface area (Å²) in [5, 5.41) is 9.14. The van der Waals surface area contributed by atoms with Crippen LogP contribution in [-0.2, 0) is 6.18 Å². The molecule has 2 atom stereocenters. The molecule has 2 aromatic rings. The zero-order valence-corrected chi connectivity index (χ0v) is 12.5. The summed E-state index contributed by atoms with van der Waals surface area (Å²) in [5.74, 6) is -0.0119. The van der Waals surface area contributed by atoms with Crippen LogP contribution in [0.15, 0.2) is 30.5 Å². The summed E-state index contributed by atoms with van der Waals surface area (Å²) in [4.78, 5) is 7.55. The lowest BCUT2D eigenvalue weighted by Crippen LogP contribution is -2.32. The van der Waals surface area contributed by atoms with Gasteiger partial charge in [0, 0.05) is 11.8 Å². The normalized spacial score (nSPS) is 20.8. The van der Waals surface area contributed by atoms with Crippen molar-refractivity contribution in [2.75, 3.05) is 0 Å². The number of nitrogens with zero attached hydrogens (tertiary/aromatic N) is 3. The highest BCUT2D eigenvalue weighted by Gasteiger charge is 2.33. The van der Waals surface area contributed by atoms with Gasteiger partial charge in [0.05, 0.1) is 12.1 Å². The van der Waals surface area contributed by atoms with Crippen LogP contribution in [0, 0.1) is 18.3 Å². The number of rotatable bonds is 2. The number of aryl methyl sites for hydroxylation is 1. The van der Waals surface area contributed by atoms with E-state index in [4.69, 9.17) is 5.26 Å². The largest absolute Gasteiger partial charge is 0.433 e. The lowest BCUT2D eigenvalue weighted by Gasteiger charge is -2.15. The molecule has 1 aromatic carbocycles. The van der Waals surface area contributed by atoms with Crippen molar-refractivity contribution in [3.05, 3.63) is 47.3 Å². The molecule has 1 aliphatic heterocycles. The van der Waals surface area contributed by atoms with Crippen LogP contribution in [0.5, 0.6) is 0 Å². The number of alkyl halides is 3. The quantitative estimate of drug-likeness (QED) is 0.779. The van der Waals surface area contributed by atoms with Crippen molar-refractivity contribution in [2.45, 2.75) is 25.2 Å². The van der Waals surface area contributed by atoms with E-state index in [1.807, 2.05) is 13.0 Å². The molecule has 0 bridgehead atoms. The highest BCUT2D eigenvalue weighted by Crippen LogP contribution is 2.30. The Hall–Kier alpha value is -2.54. The molecule has 0 aliphatic carbocycles. The molecular formula is C15H13F3N6. The minimum Gasteiger partial charge on any atom is -0.237 e. The maximum Gasteiger partial charge on any atom is 0.433 e. The van der Waals surface area contributed by atoms with Crippen molar-refractivity contribution in [1.29, 1.82) is 5.26 Å². The molecule has 124 valence electrons. The Morgan fingerprint density at radius 2 is 2.00 bits per heavy atom. The molecule has 2 unspecified atom stereocenters. The van der Waals surface area contributed by atoms with Crippen LogP contribution in [0.4, 0.5) is 13.2 Å². The molecule has 2 heterocycles. The third-order valence-electron chi connectivity index (χ3n) is 3.59. The van der Waals surface area contributed by atoms with Crippen molar-refractivity contribution in [3.8, 4) is 17.5 Å². The lowest BCUT2D eigenvalue weighted by atomic mass is 9.97. The Labute approximate surface area is 135 Å². The van der Waals surface area contributed by atoms with Crippen LogP contribution in [0.25, 0.3) is 11.4 Å². The number of aromatic nitrogens is 2. The first kappa shape index (κ1) is 16.3. The summed E-state index contributed by atoms with van der Waals surface area (Å²) >= 11 is 0. The van der Waals surface area contributed by atoms with Crippen molar-refractivity contribution in [1.82, 2.24) is 26.4 Å². The van der Waals surface area contributed by atoms with Gasteiger partial charge in [-0.3, -0.25) is 0 Å². The lowest BCUT2D eigenvalue weighted by molar-refractivity contribution is -0.141. The number of nitrogens with one attached hydrogen (secondary N) is 3. The van der Waals surface area contributed by atoms with E-state index >= 15 is 0 Å². The average Bonchev–Trinajstić information content (AvgIpc) is 3.02. The van der Waals surface area contributed by atoms with Crippen LogP contribution in [0.2, 0.25) is 0 Å². The van der Waals surface area contributed by atoms with E-state index in [0.29, 0.717) is 5.56 Å². The Morgan fingerprint density at radius 1 is 1.21 bits per heavy atom. The number of benzene rings is 1. The van der Waals surface area contributed by atoms with Gasteiger partial charge in [0.2, 0.25) is 0 Å². The molecule has 1 saturated heterocycles. The van der Waals surface area contributed by atoms with Crippen LogP contribution in [0.3, 0.4) is 0 Å². The molecule has 24 heavy (non-hydrogen) atoms. The molecule has 6 nitrogen and oxygen atoms in total. The Balaban J connectivity index is 2.02. The summed E-state index contributed by atoms with van der Waals surface area (Å²) in [6.45, 7) is 1.82. The maximum absolute atomic E-state index is 12.8. The van der Waals surface area contributed by atoms with Gasteiger partial charge in [-0.1, -0.05) is 11.6 Å². The number of hydrazine groups is 2. The molecule has 9 heteroatoms. The predicted octanol–water partition coefficient (Wildman–Crippen LogP) is 2.02. The number of nitriles is 1. The van der Waals surface area contributed by atoms with Crippen LogP contribution in [0.1, 0.15) is 22.9 Å². The molecular weight excluding hydrogens is 321 g/mol. The topological polar surface area (TPSA) is 85.7 Å². The smallest absolute Gasteiger partial charge is 0.237 e. The third kappa shape index (κ3) is 3.21. The van der Waals surface area contributed by atoms with Gasteiger partial charge in [0.15, 0.2) is 5.82 Å². The van der Waals surface area contributed by atoms with Crippen molar-refractivity contribution >= 4 is 0 Å². The third-order valence-corrected chi connectivity index (χ3v) is 3.59. The number of hydrogen-bond acceptors (Lipinski definition) is 6. The monoisotopic (exact) mass is 334 g/mol. The fourth-order valence-electron chi connectivity index (χ4n) is 2.52. The Kier molecular flexibility index (Phi) is 4.19. The summed E-state index contributed by atoms with van der Waals surface area (Å²) in [5.41, 5.74) is 9.39. The second-order valence-corrected chi connectivity index (χ2v) is 5.39. The van der Waals surface area contributed by atoms with E-state index in [-0.39, 0.29) is 11.9 Å². The molecule has 0 saturated carbocycles. The van der Waals surface area contributed by atoms with Gasteiger partial charge >= 0.3 is 6.18 Å². The maximum atomic E-state index is 12.8. The summed E-state index contributed by atoms with van der Waals surface area (Å²) in [6, 6.07) is 7.32. The van der Waals surface area contributed by atoms with Gasteiger partial charge in [0.25, 0.3) is 0 Å². The molecule has 1 aromatic heterocycles. The highest BCUT2D eigenvalue weighted by molar-refractivity contribution is 5.58. The van der Waals surface area contributed by atoms with Crippen molar-refractivity contribution in [3.63, 3.8) is 0 Å². The zero-order chi connectivity index (χ0) is 17.3. The van der Waals surface area contributed by atoms with E-state index in [9.17, 15) is 13.2 Å². The average molecular weight is 334 g/mol. The van der Waals surface area contributed by atoms with Crippen molar-refractivity contribution < 1.29 is 13.2 Å². The van der Waals surface area contributed by atoms with Crippen molar-refractivity contribution in [2.24, 2.45) is 0 Å². The first-order chi connectivity index (χ1) is 11.4. The molecule has 1 fully saturated rings. The first-order valence-electron chi connectivity index (χ1n) is 7.06. The summed E-state index contributed by atoms with van der Waals surface area (Å²) < 4.78 is 38.5. The van der Waals surface area contributed by atoms with E-state index < -0.39 is 17.9 Å². The summed E-state index contributed by atoms with van der Waals surface area (Å²) in [6.07, 6.45) is -3.45. The number of halogens is 3. The zero-order valence-electron chi connectivity index (χ0n) is 12.5. The second-order valence-electron chi connectivity index (χ2n) is 5.39. The van der Waals surface area contributed by atoms with E-state index in [0.717, 1.165) is 23.4 Å². The highest BCUT2D eigenvalue weighted by atomic mass is 19.4. The Bertz CT molecular complexity index is 799. The van der Waals surface area contributed by atoms with E-state index in [1.165, 1.54) is 0 Å². The van der Waals surface area contributed by atoms with Gasteiger partial charge in [-0.15, -0.1) is 0 Å². The molecule has 1 aliphatic rings. The molecule has 3 rings (SSSR count). The molecule has 0 amide bonds. The van der Waals surface area contributed by atoms with E-state index in [2.05, 4.69) is 32.4 Å². The van der Waals surface area contributed by atoms with Gasteiger partial charge in [-0.25, -0.2) is 20.8 Å². The van der Waals surface area contributed by atoms with Crippen LogP contribution in [-0.4, -0.2) is 16.0 Å². The first-order valence-corrected chi connectivity index (χ1v) is 7.06. The number of hydrogen-bond donors (Lipinski definition) is 3. The van der Waals surface area contributed by atoms with Gasteiger partial charge < -0.3 is 0 Å². The van der Waals surface area contributed by atoms with E-state index in [1.54, 1.807) is 12.1 Å². The molecule has 3 N–H and O–H groups in total. The fourth-order valence-corrected chi connectivity index (χ4v) is 2.52. The van der Waals surface area contributed by atoms with Crippen LogP contribution >= 0.6 is 0 Å². The second kappa shape index (κ2) is 6.16. The molecule has 0 radical (unpaired) electrons. The van der Waals surface area contributed by atoms with Gasteiger partial charge in [0.1, 0.15) is 11.7 Å². The van der Waals surface area contributed by atoms with Gasteiger partial charge in [-0.05, 0) is 30.7 Å². The summed E-state index contributed by atoms with van der Waals surface area (Å²) in [7, 11) is 0. The predicted molar refractivity (Wildman–Crippen MR) is 78.8 cm³/mol. The minimum absolute atomic E-state index is 0.0119. The standard InChI is InChI=1S/C15H13F3N6/c1-8-4-9(13-11(7-19)22-24-23-13)6-10(5-8)14-20-3-2-12(21-14)15(16,17)18/h2-6,11,13,22-24H,1H3. The fraction of sp³-hybridized carbons (Fsp3) is 0.267.